The molecule has 0 bridgehead atoms. The summed E-state index contributed by atoms with van der Waals surface area (Å²) >= 11 is 5.40. The third-order valence-corrected chi connectivity index (χ3v) is 3.16. The summed E-state index contributed by atoms with van der Waals surface area (Å²) in [6.07, 6.45) is -0.500. The van der Waals surface area contributed by atoms with Gasteiger partial charge in [0.25, 0.3) is 0 Å². The molecule has 22 heavy (non-hydrogen) atoms. The van der Waals surface area contributed by atoms with Crippen molar-refractivity contribution < 1.29 is 19.4 Å². The Morgan fingerprint density at radius 1 is 1.41 bits per heavy atom. The van der Waals surface area contributed by atoms with E-state index >= 15 is 0 Å². The van der Waals surface area contributed by atoms with Crippen molar-refractivity contribution in [2.75, 3.05) is 19.0 Å². The summed E-state index contributed by atoms with van der Waals surface area (Å²) in [5.74, 6) is 2.56. The monoisotopic (exact) mass is 329 g/mol. The summed E-state index contributed by atoms with van der Waals surface area (Å²) in [4.78, 5) is 12.7. The highest BCUT2D eigenvalue weighted by molar-refractivity contribution is 6.27. The van der Waals surface area contributed by atoms with E-state index in [2.05, 4.69) is 0 Å². The Kier molecular flexibility index (Phi) is 7.48. The van der Waals surface area contributed by atoms with Gasteiger partial charge in [-0.1, -0.05) is 6.07 Å². The molecule has 1 aromatic rings. The lowest BCUT2D eigenvalue weighted by molar-refractivity contribution is -0.131. The number of para-hydroxylation sites is 1. The number of aliphatic hydroxyl groups excluding tert-OH is 1. The zero-order valence-corrected chi connectivity index (χ0v) is 14.3. The first-order valence-electron chi connectivity index (χ1n) is 7.37. The maximum atomic E-state index is 11.2. The van der Waals surface area contributed by atoms with Gasteiger partial charge in [-0.2, -0.15) is 0 Å². The Bertz CT molecular complexity index is 491. The largest absolute Gasteiger partial charge is 0.490 e. The lowest BCUT2D eigenvalue weighted by Gasteiger charge is -2.27. The summed E-state index contributed by atoms with van der Waals surface area (Å²) < 4.78 is 10.4. The molecule has 0 aliphatic carbocycles. The predicted molar refractivity (Wildman–Crippen MR) is 86.9 cm³/mol. The minimum Gasteiger partial charge on any atom is -0.490 e. The zero-order valence-electron chi connectivity index (χ0n) is 13.5. The Labute approximate surface area is 136 Å². The number of amides is 1. The van der Waals surface area contributed by atoms with Crippen LogP contribution in [-0.4, -0.2) is 47.1 Å². The van der Waals surface area contributed by atoms with Gasteiger partial charge >= 0.3 is 0 Å². The topological polar surface area (TPSA) is 62.3 Å². The number of benzene rings is 1. The van der Waals surface area contributed by atoms with Crippen molar-refractivity contribution in [3.05, 3.63) is 18.2 Å². The first-order chi connectivity index (χ1) is 10.4. The second kappa shape index (κ2) is 8.86. The van der Waals surface area contributed by atoms with E-state index in [1.165, 1.54) is 0 Å². The van der Waals surface area contributed by atoms with Gasteiger partial charge in [0.05, 0.1) is 12.7 Å². The van der Waals surface area contributed by atoms with E-state index in [0.29, 0.717) is 13.2 Å². The number of alkyl halides is 1. The van der Waals surface area contributed by atoms with Crippen molar-refractivity contribution in [3.8, 4) is 17.2 Å². The average molecular weight is 330 g/mol. The molecule has 0 saturated carbocycles. The number of nitrogens with zero attached hydrogens (tertiary/aromatic N) is 1. The number of carbonyl (C=O) groups excluding carboxylic acids is 1. The van der Waals surface area contributed by atoms with Gasteiger partial charge in [0.15, 0.2) is 11.5 Å². The van der Waals surface area contributed by atoms with Crippen molar-refractivity contribution in [2.24, 2.45) is 0 Å². The van der Waals surface area contributed by atoms with E-state index in [1.807, 2.05) is 39.0 Å². The average Bonchev–Trinajstić information content (AvgIpc) is 3.25. The molecule has 0 aromatic heterocycles. The summed E-state index contributed by atoms with van der Waals surface area (Å²) in [5, 5.41) is 9.08. The highest BCUT2D eigenvalue weighted by atomic mass is 35.5. The fraction of sp³-hybridized carbons (Fsp3) is 0.562. The van der Waals surface area contributed by atoms with Crippen LogP contribution in [0, 0.1) is 0 Å². The molecule has 1 aromatic carbocycles. The molecule has 0 spiro atoms. The van der Waals surface area contributed by atoms with E-state index in [4.69, 9.17) is 26.2 Å². The van der Waals surface area contributed by atoms with Crippen LogP contribution in [0.5, 0.6) is 17.2 Å². The maximum absolute atomic E-state index is 11.2. The van der Waals surface area contributed by atoms with Crippen LogP contribution in [0.2, 0.25) is 0 Å². The van der Waals surface area contributed by atoms with Gasteiger partial charge in [0.1, 0.15) is 5.88 Å². The van der Waals surface area contributed by atoms with Crippen LogP contribution in [0.4, 0.5) is 0 Å². The van der Waals surface area contributed by atoms with Crippen molar-refractivity contribution >= 4 is 17.5 Å². The number of rotatable bonds is 6. The molecule has 2 rings (SSSR count). The molecule has 6 heteroatoms. The Morgan fingerprint density at radius 3 is 2.59 bits per heavy atom. The van der Waals surface area contributed by atoms with Crippen LogP contribution in [0.3, 0.4) is 0 Å². The fourth-order valence-electron chi connectivity index (χ4n) is 1.90. The second-order valence-electron chi connectivity index (χ2n) is 5.24. The Balaban J connectivity index is 0.000000222. The SMILES string of the molecule is CC(O)CN(C(=O)CCl)C(C)C.CCOc1cccc2c1O2. The third-order valence-electron chi connectivity index (χ3n) is 2.93. The first kappa shape index (κ1) is 18.6. The summed E-state index contributed by atoms with van der Waals surface area (Å²) in [7, 11) is 0. The van der Waals surface area contributed by atoms with Crippen molar-refractivity contribution in [1.29, 1.82) is 0 Å². The minimum absolute atomic E-state index is 0.0229. The molecule has 124 valence electrons. The molecular weight excluding hydrogens is 306 g/mol. The highest BCUT2D eigenvalue weighted by Crippen LogP contribution is 2.51. The van der Waals surface area contributed by atoms with Gasteiger partial charge in [-0.3, -0.25) is 4.79 Å². The molecule has 1 heterocycles. The number of aliphatic hydroxyl groups is 1. The van der Waals surface area contributed by atoms with Crippen molar-refractivity contribution in [3.63, 3.8) is 0 Å². The lowest BCUT2D eigenvalue weighted by atomic mass is 10.2. The van der Waals surface area contributed by atoms with E-state index < -0.39 is 6.10 Å². The Hall–Kier alpha value is -1.46. The molecule has 1 aliphatic heterocycles. The molecule has 1 amide bonds. The van der Waals surface area contributed by atoms with Crippen molar-refractivity contribution in [2.45, 2.75) is 39.8 Å². The standard InChI is InChI=1S/C8H16ClNO2.C8H8O2/c1-6(2)10(5-7(3)11)8(12)4-9;1-2-9-6-4-3-5-7-8(6)10-7/h6-7,11H,4-5H2,1-3H3;3-5H,2H2,1H3. The normalized spacial score (nSPS) is 12.5. The van der Waals surface area contributed by atoms with Gasteiger partial charge < -0.3 is 19.5 Å². The predicted octanol–water partition coefficient (Wildman–Crippen LogP) is 3.03. The van der Waals surface area contributed by atoms with E-state index in [9.17, 15) is 4.79 Å². The van der Waals surface area contributed by atoms with Crippen LogP contribution >= 0.6 is 11.6 Å². The number of ether oxygens (including phenoxy) is 2. The minimum atomic E-state index is -0.500. The van der Waals surface area contributed by atoms with Crippen LogP contribution in [0.15, 0.2) is 18.2 Å². The Morgan fingerprint density at radius 2 is 2.09 bits per heavy atom. The number of halogens is 1. The molecule has 0 fully saturated rings. The molecule has 1 N–H and O–H groups in total. The molecule has 1 atom stereocenters. The van der Waals surface area contributed by atoms with E-state index in [-0.39, 0.29) is 17.8 Å². The smallest absolute Gasteiger partial charge is 0.237 e. The molecule has 1 aliphatic rings. The maximum Gasteiger partial charge on any atom is 0.237 e. The van der Waals surface area contributed by atoms with Gasteiger partial charge in [0, 0.05) is 12.6 Å². The highest BCUT2D eigenvalue weighted by Gasteiger charge is 2.24. The molecular formula is C16H24ClNO4. The van der Waals surface area contributed by atoms with E-state index in [0.717, 1.165) is 17.2 Å². The van der Waals surface area contributed by atoms with Crippen LogP contribution in [-0.2, 0) is 4.79 Å². The van der Waals surface area contributed by atoms with Crippen LogP contribution in [0.25, 0.3) is 0 Å². The fourth-order valence-corrected chi connectivity index (χ4v) is 2.05. The summed E-state index contributed by atoms with van der Waals surface area (Å²) in [6, 6.07) is 5.86. The molecule has 0 radical (unpaired) electrons. The van der Waals surface area contributed by atoms with Crippen LogP contribution in [0.1, 0.15) is 27.7 Å². The number of carbonyl (C=O) groups is 1. The van der Waals surface area contributed by atoms with E-state index in [1.54, 1.807) is 11.8 Å². The van der Waals surface area contributed by atoms with Gasteiger partial charge in [-0.05, 0) is 39.8 Å². The van der Waals surface area contributed by atoms with Gasteiger partial charge in [-0.15, -0.1) is 11.6 Å². The van der Waals surface area contributed by atoms with Gasteiger partial charge in [-0.25, -0.2) is 0 Å². The third kappa shape index (κ3) is 5.73. The summed E-state index contributed by atoms with van der Waals surface area (Å²) in [6.45, 7) is 8.45. The van der Waals surface area contributed by atoms with Gasteiger partial charge in [0.2, 0.25) is 11.7 Å². The molecule has 5 nitrogen and oxygen atoms in total. The van der Waals surface area contributed by atoms with Crippen molar-refractivity contribution in [1.82, 2.24) is 4.90 Å². The number of hydrogen-bond donors (Lipinski definition) is 1. The second-order valence-corrected chi connectivity index (χ2v) is 5.51. The number of hydrogen-bond acceptors (Lipinski definition) is 4. The summed E-state index contributed by atoms with van der Waals surface area (Å²) in [5.41, 5.74) is 0. The first-order valence-corrected chi connectivity index (χ1v) is 7.91. The quantitative estimate of drug-likeness (QED) is 0.653. The lowest BCUT2D eigenvalue weighted by Crippen LogP contribution is -2.42. The molecule has 0 saturated heterocycles. The number of fused-ring (bicyclic) bond motifs is 1. The zero-order chi connectivity index (χ0) is 16.7. The van der Waals surface area contributed by atoms with Crippen LogP contribution < -0.4 is 9.47 Å². The molecule has 1 unspecified atom stereocenters.